The fraction of sp³-hybridized carbons (Fsp3) is 0.222. The van der Waals surface area contributed by atoms with Gasteiger partial charge in [-0.05, 0) is 24.3 Å². The van der Waals surface area contributed by atoms with Crippen LogP contribution in [0.5, 0.6) is 0 Å². The summed E-state index contributed by atoms with van der Waals surface area (Å²) in [6, 6.07) is 6.26. The minimum absolute atomic E-state index is 0.585. The van der Waals surface area contributed by atoms with Crippen molar-refractivity contribution in [3.8, 4) is 0 Å². The highest BCUT2D eigenvalue weighted by molar-refractivity contribution is 5.99. The quantitative estimate of drug-likeness (QED) is 0.548. The normalized spacial score (nSPS) is 12.9. The molecule has 174 valence electrons. The average Bonchev–Trinajstić information content (AvgIpc) is 2.70. The van der Waals surface area contributed by atoms with Crippen LogP contribution in [0, 0.1) is 11.6 Å². The second kappa shape index (κ2) is 8.31. The summed E-state index contributed by atoms with van der Waals surface area (Å²) < 4.78 is 138. The van der Waals surface area contributed by atoms with Crippen molar-refractivity contribution in [2.24, 2.45) is 0 Å². The molecule has 0 fully saturated rings. The molecule has 0 saturated heterocycles. The molecule has 0 aliphatic carbocycles. The van der Waals surface area contributed by atoms with Crippen LogP contribution in [-0.2, 0) is 9.59 Å². The molecule has 2 aromatic rings. The van der Waals surface area contributed by atoms with Crippen LogP contribution in [0.4, 0.5) is 55.3 Å². The second-order valence-corrected chi connectivity index (χ2v) is 6.17. The number of hydrogen-bond acceptors (Lipinski definition) is 2. The van der Waals surface area contributed by atoms with E-state index in [1.54, 1.807) is 0 Å². The lowest BCUT2D eigenvalue weighted by atomic mass is 9.97. The monoisotopic (exact) mass is 476 g/mol. The fourth-order valence-corrected chi connectivity index (χ4v) is 2.21. The van der Waals surface area contributed by atoms with Gasteiger partial charge in [0.1, 0.15) is 11.6 Å². The highest BCUT2D eigenvalue weighted by Crippen LogP contribution is 2.53. The van der Waals surface area contributed by atoms with Crippen LogP contribution in [0.1, 0.15) is 0 Å². The maximum absolute atomic E-state index is 13.9. The lowest BCUT2D eigenvalue weighted by Gasteiger charge is -2.35. The zero-order chi connectivity index (χ0) is 24.5. The van der Waals surface area contributed by atoms with Crippen LogP contribution in [-0.4, -0.2) is 35.5 Å². The highest BCUT2D eigenvalue weighted by atomic mass is 19.4. The summed E-state index contributed by atoms with van der Waals surface area (Å²) in [5.74, 6) is -36.8. The number of nitrogens with one attached hydrogen (secondary N) is 2. The summed E-state index contributed by atoms with van der Waals surface area (Å²) in [6.07, 6.45) is 0. The van der Waals surface area contributed by atoms with E-state index in [4.69, 9.17) is 0 Å². The minimum Gasteiger partial charge on any atom is -0.318 e. The summed E-state index contributed by atoms with van der Waals surface area (Å²) in [7, 11) is 0. The molecule has 0 heterocycles. The minimum atomic E-state index is -7.16. The molecule has 0 unspecified atom stereocenters. The summed E-state index contributed by atoms with van der Waals surface area (Å²) >= 11 is 0. The standard InChI is InChI=1S/C18H10F10N2O2/c19-9-5-1-3-7-11(9)29-13(31)15(21,22)17(25,26)18(27,28)16(23,24)14(32)30-12-8-4-2-6-10(12)20/h1-8H,(H,29,31)(H,30,32). The number of carbonyl (C=O) groups excluding carboxylic acids is 2. The van der Waals surface area contributed by atoms with Gasteiger partial charge in [0.15, 0.2) is 0 Å². The van der Waals surface area contributed by atoms with E-state index in [1.807, 2.05) is 0 Å². The van der Waals surface area contributed by atoms with E-state index >= 15 is 0 Å². The predicted molar refractivity (Wildman–Crippen MR) is 89.8 cm³/mol. The molecule has 32 heavy (non-hydrogen) atoms. The number of hydrogen-bond donors (Lipinski definition) is 2. The SMILES string of the molecule is O=C(Nc1ccccc1F)C(F)(F)C(F)(F)C(F)(F)C(F)(F)C(=O)Nc1ccccc1F. The van der Waals surface area contributed by atoms with Gasteiger partial charge >= 0.3 is 35.5 Å². The van der Waals surface area contributed by atoms with Crippen molar-refractivity contribution in [1.29, 1.82) is 0 Å². The number of para-hydroxylation sites is 2. The van der Waals surface area contributed by atoms with Crippen molar-refractivity contribution in [2.75, 3.05) is 10.6 Å². The first kappa shape index (κ1) is 24.9. The first-order chi connectivity index (χ1) is 14.6. The van der Waals surface area contributed by atoms with Gasteiger partial charge in [0.05, 0.1) is 11.4 Å². The smallest absolute Gasteiger partial charge is 0.318 e. The molecule has 2 N–H and O–H groups in total. The van der Waals surface area contributed by atoms with Crippen molar-refractivity contribution in [1.82, 2.24) is 0 Å². The van der Waals surface area contributed by atoms with E-state index in [1.165, 1.54) is 0 Å². The van der Waals surface area contributed by atoms with E-state index in [0.29, 0.717) is 24.3 Å². The van der Waals surface area contributed by atoms with Crippen LogP contribution in [0.25, 0.3) is 0 Å². The maximum Gasteiger partial charge on any atom is 0.393 e. The number of amides is 2. The first-order valence-electron chi connectivity index (χ1n) is 8.20. The summed E-state index contributed by atoms with van der Waals surface area (Å²) in [5.41, 5.74) is -2.28. The number of carbonyl (C=O) groups is 2. The molecule has 0 spiro atoms. The molecule has 0 atom stereocenters. The molecule has 2 aromatic carbocycles. The molecule has 0 saturated carbocycles. The third-order valence-corrected chi connectivity index (χ3v) is 4.00. The number of halogens is 10. The van der Waals surface area contributed by atoms with Gasteiger partial charge in [-0.1, -0.05) is 24.3 Å². The van der Waals surface area contributed by atoms with Crippen LogP contribution < -0.4 is 10.6 Å². The predicted octanol–water partition coefficient (Wildman–Crippen LogP) is 5.08. The third-order valence-electron chi connectivity index (χ3n) is 4.00. The Hall–Kier alpha value is -3.32. The molecule has 0 aliphatic heterocycles. The largest absolute Gasteiger partial charge is 0.393 e. The van der Waals surface area contributed by atoms with Crippen molar-refractivity contribution < 1.29 is 53.5 Å². The zero-order valence-corrected chi connectivity index (χ0v) is 15.2. The van der Waals surface area contributed by atoms with Gasteiger partial charge in [0.25, 0.3) is 0 Å². The zero-order valence-electron chi connectivity index (χ0n) is 15.2. The van der Waals surface area contributed by atoms with Crippen molar-refractivity contribution >= 4 is 23.2 Å². The Bertz CT molecular complexity index is 945. The molecule has 0 radical (unpaired) electrons. The van der Waals surface area contributed by atoms with Gasteiger partial charge in [-0.2, -0.15) is 35.1 Å². The number of anilines is 2. The summed E-state index contributed by atoms with van der Waals surface area (Å²) in [5, 5.41) is 1.77. The lowest BCUT2D eigenvalue weighted by Crippen LogP contribution is -2.67. The average molecular weight is 476 g/mol. The Balaban J connectivity index is 2.36. The van der Waals surface area contributed by atoms with Crippen LogP contribution in [0.3, 0.4) is 0 Å². The van der Waals surface area contributed by atoms with Gasteiger partial charge in [-0.3, -0.25) is 9.59 Å². The van der Waals surface area contributed by atoms with E-state index in [0.717, 1.165) is 34.9 Å². The number of benzene rings is 2. The number of alkyl halides is 8. The second-order valence-electron chi connectivity index (χ2n) is 6.17. The van der Waals surface area contributed by atoms with Crippen molar-refractivity contribution in [3.63, 3.8) is 0 Å². The summed E-state index contributed by atoms with van der Waals surface area (Å²) in [6.45, 7) is 0. The van der Waals surface area contributed by atoms with Crippen LogP contribution >= 0.6 is 0 Å². The molecule has 14 heteroatoms. The maximum atomic E-state index is 13.9. The van der Waals surface area contributed by atoms with Gasteiger partial charge in [-0.15, -0.1) is 0 Å². The molecule has 0 aliphatic rings. The molecular formula is C18H10F10N2O2. The van der Waals surface area contributed by atoms with Crippen molar-refractivity contribution in [2.45, 2.75) is 23.7 Å². The molecule has 4 nitrogen and oxygen atoms in total. The van der Waals surface area contributed by atoms with E-state index in [-0.39, 0.29) is 0 Å². The topological polar surface area (TPSA) is 58.2 Å². The lowest BCUT2D eigenvalue weighted by molar-refractivity contribution is -0.345. The highest BCUT2D eigenvalue weighted by Gasteiger charge is 2.84. The van der Waals surface area contributed by atoms with Crippen molar-refractivity contribution in [3.05, 3.63) is 60.2 Å². The van der Waals surface area contributed by atoms with Crippen LogP contribution in [0.15, 0.2) is 48.5 Å². The van der Waals surface area contributed by atoms with E-state index in [2.05, 4.69) is 0 Å². The third kappa shape index (κ3) is 4.08. The van der Waals surface area contributed by atoms with Gasteiger partial charge in [-0.25, -0.2) is 8.78 Å². The Labute approximate surface area is 172 Å². The Morgan fingerprint density at radius 2 is 0.844 bits per heavy atom. The molecule has 2 rings (SSSR count). The van der Waals surface area contributed by atoms with Gasteiger partial charge in [0, 0.05) is 0 Å². The summed E-state index contributed by atoms with van der Waals surface area (Å²) in [4.78, 5) is 23.0. The molecule has 0 bridgehead atoms. The molecule has 2 amide bonds. The van der Waals surface area contributed by atoms with Gasteiger partial charge < -0.3 is 10.6 Å². The Kier molecular flexibility index (Phi) is 6.48. The fourth-order valence-electron chi connectivity index (χ4n) is 2.21. The van der Waals surface area contributed by atoms with E-state index < -0.39 is 58.5 Å². The van der Waals surface area contributed by atoms with Crippen LogP contribution in [0.2, 0.25) is 0 Å². The Morgan fingerprint density at radius 1 is 0.562 bits per heavy atom. The molecular weight excluding hydrogens is 466 g/mol. The van der Waals surface area contributed by atoms with E-state index in [9.17, 15) is 53.5 Å². The molecule has 0 aromatic heterocycles. The first-order valence-corrected chi connectivity index (χ1v) is 8.20. The number of rotatable bonds is 7. The Morgan fingerprint density at radius 3 is 1.12 bits per heavy atom. The van der Waals surface area contributed by atoms with Gasteiger partial charge in [0.2, 0.25) is 0 Å².